The standard InChI is InChI=1S/C24H28N2O5/c1-29-19-11-12-20(22(15-19)30-2)21-5-3-14-26(21)24(28)16-31-18-9-7-17(8-10-18)25-13-4-6-23(25)27/h7-12,15,21H,3-6,13-14,16H2,1-2H3/t21-/m1/s1. The van der Waals surface area contributed by atoms with Crippen molar-refractivity contribution in [2.24, 2.45) is 0 Å². The van der Waals surface area contributed by atoms with Crippen LogP contribution in [0, 0.1) is 0 Å². The third-order valence-corrected chi connectivity index (χ3v) is 5.96. The van der Waals surface area contributed by atoms with Crippen LogP contribution in [-0.4, -0.2) is 50.6 Å². The highest BCUT2D eigenvalue weighted by molar-refractivity contribution is 5.95. The Morgan fingerprint density at radius 3 is 2.45 bits per heavy atom. The van der Waals surface area contributed by atoms with Crippen LogP contribution in [0.3, 0.4) is 0 Å². The Bertz CT molecular complexity index is 943. The van der Waals surface area contributed by atoms with Gasteiger partial charge in [-0.2, -0.15) is 0 Å². The molecule has 2 aliphatic rings. The van der Waals surface area contributed by atoms with Gasteiger partial charge in [0.25, 0.3) is 5.91 Å². The van der Waals surface area contributed by atoms with Crippen LogP contribution in [0.2, 0.25) is 0 Å². The number of ether oxygens (including phenoxy) is 3. The molecule has 2 fully saturated rings. The summed E-state index contributed by atoms with van der Waals surface area (Å²) in [6.07, 6.45) is 3.31. The van der Waals surface area contributed by atoms with Crippen molar-refractivity contribution in [2.75, 3.05) is 38.8 Å². The van der Waals surface area contributed by atoms with E-state index in [-0.39, 0.29) is 24.5 Å². The molecule has 0 radical (unpaired) electrons. The minimum Gasteiger partial charge on any atom is -0.497 e. The number of anilines is 1. The normalized spacial score (nSPS) is 18.4. The maximum Gasteiger partial charge on any atom is 0.261 e. The summed E-state index contributed by atoms with van der Waals surface area (Å²) in [4.78, 5) is 28.5. The van der Waals surface area contributed by atoms with Gasteiger partial charge < -0.3 is 24.0 Å². The van der Waals surface area contributed by atoms with E-state index in [0.29, 0.717) is 18.7 Å². The molecule has 7 heteroatoms. The first-order valence-electron chi connectivity index (χ1n) is 10.7. The minimum absolute atomic E-state index is 0.0308. The van der Waals surface area contributed by atoms with Crippen LogP contribution < -0.4 is 19.1 Å². The molecule has 2 amide bonds. The second-order valence-electron chi connectivity index (χ2n) is 7.78. The molecule has 7 nitrogen and oxygen atoms in total. The molecule has 4 rings (SSSR count). The molecule has 2 saturated heterocycles. The van der Waals surface area contributed by atoms with E-state index >= 15 is 0 Å². The second kappa shape index (κ2) is 9.29. The summed E-state index contributed by atoms with van der Waals surface area (Å²) in [5.74, 6) is 2.15. The highest BCUT2D eigenvalue weighted by atomic mass is 16.5. The van der Waals surface area contributed by atoms with Gasteiger partial charge in [-0.05, 0) is 55.7 Å². The van der Waals surface area contributed by atoms with Crippen LogP contribution in [0.15, 0.2) is 42.5 Å². The van der Waals surface area contributed by atoms with Gasteiger partial charge in [-0.25, -0.2) is 0 Å². The van der Waals surface area contributed by atoms with Crippen LogP contribution in [0.25, 0.3) is 0 Å². The van der Waals surface area contributed by atoms with E-state index < -0.39 is 0 Å². The maximum absolute atomic E-state index is 12.9. The number of amides is 2. The van der Waals surface area contributed by atoms with E-state index in [2.05, 4.69) is 0 Å². The lowest BCUT2D eigenvalue weighted by atomic mass is 10.0. The van der Waals surface area contributed by atoms with Gasteiger partial charge in [-0.15, -0.1) is 0 Å². The molecule has 0 unspecified atom stereocenters. The molecule has 0 N–H and O–H groups in total. The van der Waals surface area contributed by atoms with Gasteiger partial charge in [0.2, 0.25) is 5.91 Å². The average molecular weight is 424 g/mol. The zero-order valence-corrected chi connectivity index (χ0v) is 18.0. The van der Waals surface area contributed by atoms with Gasteiger partial charge in [0.1, 0.15) is 17.2 Å². The highest BCUT2D eigenvalue weighted by Crippen LogP contribution is 2.38. The first-order valence-corrected chi connectivity index (χ1v) is 10.7. The van der Waals surface area contributed by atoms with E-state index in [0.717, 1.165) is 48.6 Å². The molecule has 2 aromatic rings. The number of carbonyl (C=O) groups is 2. The topological polar surface area (TPSA) is 68.3 Å². The zero-order valence-electron chi connectivity index (χ0n) is 18.0. The summed E-state index contributed by atoms with van der Waals surface area (Å²) in [7, 11) is 3.24. The van der Waals surface area contributed by atoms with Gasteiger partial charge in [-0.3, -0.25) is 9.59 Å². The Balaban J connectivity index is 1.40. The predicted octanol–water partition coefficient (Wildman–Crippen LogP) is 3.57. The Hall–Kier alpha value is -3.22. The van der Waals surface area contributed by atoms with Crippen molar-refractivity contribution in [2.45, 2.75) is 31.7 Å². The number of methoxy groups -OCH3 is 2. The van der Waals surface area contributed by atoms with E-state index in [4.69, 9.17) is 14.2 Å². The molecule has 0 spiro atoms. The van der Waals surface area contributed by atoms with E-state index in [1.54, 1.807) is 19.1 Å². The summed E-state index contributed by atoms with van der Waals surface area (Å²) in [6, 6.07) is 13.0. The largest absolute Gasteiger partial charge is 0.497 e. The number of hydrogen-bond acceptors (Lipinski definition) is 5. The van der Waals surface area contributed by atoms with Crippen molar-refractivity contribution in [3.8, 4) is 17.2 Å². The van der Waals surface area contributed by atoms with Crippen molar-refractivity contribution in [1.29, 1.82) is 0 Å². The first kappa shape index (κ1) is 21.0. The summed E-state index contributed by atoms with van der Waals surface area (Å²) in [5, 5.41) is 0. The smallest absolute Gasteiger partial charge is 0.261 e. The Morgan fingerprint density at radius 2 is 1.77 bits per heavy atom. The van der Waals surface area contributed by atoms with Crippen molar-refractivity contribution >= 4 is 17.5 Å². The predicted molar refractivity (Wildman–Crippen MR) is 117 cm³/mol. The minimum atomic E-state index is -0.0563. The van der Waals surface area contributed by atoms with Crippen molar-refractivity contribution in [1.82, 2.24) is 4.90 Å². The molecule has 0 bridgehead atoms. The van der Waals surface area contributed by atoms with Crippen LogP contribution in [0.5, 0.6) is 17.2 Å². The number of nitrogens with zero attached hydrogens (tertiary/aromatic N) is 2. The fourth-order valence-electron chi connectivity index (χ4n) is 4.35. The fourth-order valence-corrected chi connectivity index (χ4v) is 4.35. The molecule has 31 heavy (non-hydrogen) atoms. The SMILES string of the molecule is COc1ccc([C@H]2CCCN2C(=O)COc2ccc(N3CCCC3=O)cc2)c(OC)c1. The van der Waals surface area contributed by atoms with E-state index in [1.165, 1.54) is 0 Å². The summed E-state index contributed by atoms with van der Waals surface area (Å²) in [5.41, 5.74) is 1.85. The lowest BCUT2D eigenvalue weighted by Gasteiger charge is -2.26. The Labute approximate surface area is 182 Å². The quantitative estimate of drug-likeness (QED) is 0.680. The molecule has 0 aliphatic carbocycles. The van der Waals surface area contributed by atoms with E-state index in [9.17, 15) is 9.59 Å². The van der Waals surface area contributed by atoms with Gasteiger partial charge >= 0.3 is 0 Å². The third kappa shape index (κ3) is 4.45. The lowest BCUT2D eigenvalue weighted by molar-refractivity contribution is -0.134. The molecular weight excluding hydrogens is 396 g/mol. The van der Waals surface area contributed by atoms with Gasteiger partial charge in [0, 0.05) is 36.8 Å². The number of benzene rings is 2. The van der Waals surface area contributed by atoms with Gasteiger partial charge in [0.05, 0.1) is 20.3 Å². The van der Waals surface area contributed by atoms with Gasteiger partial charge in [-0.1, -0.05) is 0 Å². The maximum atomic E-state index is 12.9. The second-order valence-corrected chi connectivity index (χ2v) is 7.78. The van der Waals surface area contributed by atoms with Crippen LogP contribution >= 0.6 is 0 Å². The zero-order chi connectivity index (χ0) is 21.8. The van der Waals surface area contributed by atoms with Crippen LogP contribution in [0.1, 0.15) is 37.3 Å². The Morgan fingerprint density at radius 1 is 1.00 bits per heavy atom. The van der Waals surface area contributed by atoms with Crippen molar-refractivity contribution in [3.63, 3.8) is 0 Å². The number of carbonyl (C=O) groups excluding carboxylic acids is 2. The molecule has 2 aliphatic heterocycles. The number of hydrogen-bond donors (Lipinski definition) is 0. The Kier molecular flexibility index (Phi) is 6.30. The highest BCUT2D eigenvalue weighted by Gasteiger charge is 2.32. The van der Waals surface area contributed by atoms with Gasteiger partial charge in [0.15, 0.2) is 6.61 Å². The van der Waals surface area contributed by atoms with Crippen LogP contribution in [0.4, 0.5) is 5.69 Å². The number of likely N-dealkylation sites (tertiary alicyclic amines) is 1. The monoisotopic (exact) mass is 424 g/mol. The summed E-state index contributed by atoms with van der Waals surface area (Å²) in [6.45, 7) is 1.41. The molecule has 0 aromatic heterocycles. The van der Waals surface area contributed by atoms with E-state index in [1.807, 2.05) is 47.4 Å². The third-order valence-electron chi connectivity index (χ3n) is 5.96. The lowest BCUT2D eigenvalue weighted by Crippen LogP contribution is -2.34. The van der Waals surface area contributed by atoms with Crippen molar-refractivity contribution in [3.05, 3.63) is 48.0 Å². The first-order chi connectivity index (χ1) is 15.1. The summed E-state index contributed by atoms with van der Waals surface area (Å²) < 4.78 is 16.6. The molecule has 2 aromatic carbocycles. The number of rotatable bonds is 7. The molecular formula is C24H28N2O5. The fraction of sp³-hybridized carbons (Fsp3) is 0.417. The molecule has 1 atom stereocenters. The molecule has 2 heterocycles. The summed E-state index contributed by atoms with van der Waals surface area (Å²) >= 11 is 0. The molecule has 164 valence electrons. The average Bonchev–Trinajstić information content (AvgIpc) is 3.46. The van der Waals surface area contributed by atoms with Crippen LogP contribution in [-0.2, 0) is 9.59 Å². The van der Waals surface area contributed by atoms with Crippen molar-refractivity contribution < 1.29 is 23.8 Å². The molecule has 0 saturated carbocycles.